The number of hydrogen-bond donors (Lipinski definition) is 0. The van der Waals surface area contributed by atoms with Gasteiger partial charge in [-0.05, 0) is 53.6 Å². The van der Waals surface area contributed by atoms with Crippen LogP contribution in [0.15, 0.2) is 42.5 Å². The number of carbonyl (C=O) groups excluding carboxylic acids is 1. The molecule has 0 N–H and O–H groups in total. The van der Waals surface area contributed by atoms with Gasteiger partial charge in [0.2, 0.25) is 6.41 Å². The van der Waals surface area contributed by atoms with Gasteiger partial charge in [-0.2, -0.15) is 0 Å². The van der Waals surface area contributed by atoms with Crippen molar-refractivity contribution in [1.29, 1.82) is 0 Å². The highest BCUT2D eigenvalue weighted by Crippen LogP contribution is 2.53. The number of likely N-dealkylation sites (N-methyl/N-ethyl adjacent to an activating group) is 1. The summed E-state index contributed by atoms with van der Waals surface area (Å²) in [6.07, 6.45) is 3.42. The van der Waals surface area contributed by atoms with Crippen molar-refractivity contribution in [2.45, 2.75) is 30.7 Å². The van der Waals surface area contributed by atoms with E-state index in [0.29, 0.717) is 17.9 Å². The van der Waals surface area contributed by atoms with E-state index in [0.717, 1.165) is 32.5 Å². The Morgan fingerprint density at radius 1 is 1.00 bits per heavy atom. The molecular weight excluding hydrogens is 308 g/mol. The first-order valence-electron chi connectivity index (χ1n) is 9.36. The van der Waals surface area contributed by atoms with Crippen LogP contribution in [0.2, 0.25) is 0 Å². The minimum absolute atomic E-state index is 0.316. The maximum absolute atomic E-state index is 11.3. The summed E-state index contributed by atoms with van der Waals surface area (Å²) in [6, 6.07) is 16.2. The summed E-state index contributed by atoms with van der Waals surface area (Å²) in [5.41, 5.74) is 7.61. The van der Waals surface area contributed by atoms with Crippen molar-refractivity contribution in [3.63, 3.8) is 0 Å². The summed E-state index contributed by atoms with van der Waals surface area (Å²) < 4.78 is 0. The van der Waals surface area contributed by atoms with Crippen LogP contribution in [-0.2, 0) is 11.2 Å². The Bertz CT molecular complexity index is 831. The van der Waals surface area contributed by atoms with E-state index < -0.39 is 0 Å². The third kappa shape index (κ3) is 2.26. The molecule has 3 aliphatic rings. The molecule has 0 saturated carbocycles. The molecule has 3 nitrogen and oxygen atoms in total. The summed E-state index contributed by atoms with van der Waals surface area (Å²) in [6.45, 7) is 2.59. The van der Waals surface area contributed by atoms with Crippen LogP contribution in [0.25, 0.3) is 0 Å². The van der Waals surface area contributed by atoms with Gasteiger partial charge in [0.1, 0.15) is 0 Å². The first-order chi connectivity index (χ1) is 12.3. The van der Waals surface area contributed by atoms with Gasteiger partial charge in [-0.25, -0.2) is 0 Å². The van der Waals surface area contributed by atoms with Crippen LogP contribution < -0.4 is 0 Å². The van der Waals surface area contributed by atoms with E-state index >= 15 is 0 Å². The highest BCUT2D eigenvalue weighted by molar-refractivity contribution is 5.55. The molecule has 3 unspecified atom stereocenters. The molecule has 128 valence electrons. The first kappa shape index (κ1) is 15.2. The largest absolute Gasteiger partial charge is 0.342 e. The van der Waals surface area contributed by atoms with Gasteiger partial charge >= 0.3 is 0 Å². The second kappa shape index (κ2) is 5.70. The van der Waals surface area contributed by atoms with Crippen LogP contribution in [0.4, 0.5) is 0 Å². The molecule has 25 heavy (non-hydrogen) atoms. The standard InChI is InChI=1S/C22H24N2O/c1-23-9-10-24(14-25)13-21(23)19-8-4-7-18-20-12-16(22(18)19)11-15-5-2-3-6-17(15)20/h2-8,14,16,20-21H,9-13H2,1H3. The Hall–Kier alpha value is -2.13. The lowest BCUT2D eigenvalue weighted by atomic mass is 9.81. The predicted octanol–water partition coefficient (Wildman–Crippen LogP) is 3.31. The topological polar surface area (TPSA) is 23.6 Å². The van der Waals surface area contributed by atoms with Gasteiger partial charge in [0.05, 0.1) is 6.04 Å². The van der Waals surface area contributed by atoms with Gasteiger partial charge in [0.15, 0.2) is 0 Å². The molecule has 1 heterocycles. The molecule has 0 radical (unpaired) electrons. The van der Waals surface area contributed by atoms with E-state index in [1.54, 1.807) is 5.56 Å². The van der Waals surface area contributed by atoms with Crippen molar-refractivity contribution >= 4 is 6.41 Å². The Kier molecular flexibility index (Phi) is 3.46. The average molecular weight is 332 g/mol. The zero-order chi connectivity index (χ0) is 17.0. The van der Waals surface area contributed by atoms with Gasteiger partial charge in [0.25, 0.3) is 0 Å². The number of amides is 1. The molecule has 2 aromatic rings. The fourth-order valence-corrected chi connectivity index (χ4v) is 5.33. The zero-order valence-corrected chi connectivity index (χ0v) is 14.7. The number of benzene rings is 2. The van der Waals surface area contributed by atoms with Crippen molar-refractivity contribution in [2.24, 2.45) is 0 Å². The number of piperazine rings is 1. The van der Waals surface area contributed by atoms with Crippen molar-refractivity contribution in [3.05, 3.63) is 70.3 Å². The molecule has 1 aliphatic heterocycles. The quantitative estimate of drug-likeness (QED) is 0.788. The van der Waals surface area contributed by atoms with Crippen molar-refractivity contribution in [3.8, 4) is 0 Å². The molecular formula is C22H24N2O. The minimum atomic E-state index is 0.316. The summed E-state index contributed by atoms with van der Waals surface area (Å²) in [7, 11) is 2.20. The highest BCUT2D eigenvalue weighted by atomic mass is 16.1. The summed E-state index contributed by atoms with van der Waals surface area (Å²) in [4.78, 5) is 15.7. The predicted molar refractivity (Wildman–Crippen MR) is 98.8 cm³/mol. The van der Waals surface area contributed by atoms with Crippen molar-refractivity contribution < 1.29 is 4.79 Å². The number of hydrogen-bond acceptors (Lipinski definition) is 2. The molecule has 5 rings (SSSR count). The maximum Gasteiger partial charge on any atom is 0.209 e. The highest BCUT2D eigenvalue weighted by Gasteiger charge is 2.40. The van der Waals surface area contributed by atoms with Gasteiger partial charge in [-0.15, -0.1) is 0 Å². The van der Waals surface area contributed by atoms with Crippen LogP contribution >= 0.6 is 0 Å². The Morgan fingerprint density at radius 3 is 2.68 bits per heavy atom. The van der Waals surface area contributed by atoms with Crippen LogP contribution in [0.5, 0.6) is 0 Å². The lowest BCUT2D eigenvalue weighted by Gasteiger charge is -2.39. The fraction of sp³-hybridized carbons (Fsp3) is 0.409. The first-order valence-corrected chi connectivity index (χ1v) is 9.36. The lowest BCUT2D eigenvalue weighted by Crippen LogP contribution is -2.46. The molecule has 0 spiro atoms. The van der Waals surface area contributed by atoms with E-state index in [1.165, 1.54) is 28.7 Å². The summed E-state index contributed by atoms with van der Waals surface area (Å²) in [5, 5.41) is 0. The van der Waals surface area contributed by atoms with Crippen LogP contribution in [0.1, 0.15) is 52.1 Å². The van der Waals surface area contributed by atoms with E-state index in [2.05, 4.69) is 54.4 Å². The monoisotopic (exact) mass is 332 g/mol. The second-order valence-corrected chi connectivity index (χ2v) is 7.84. The Balaban J connectivity index is 1.60. The van der Waals surface area contributed by atoms with Crippen LogP contribution in [0, 0.1) is 0 Å². The SMILES string of the molecule is CN1CCN(C=O)CC1c1cccc2c1C1Cc3ccccc3C2C1. The number of fused-ring (bicyclic) bond motifs is 7. The van der Waals surface area contributed by atoms with Crippen molar-refractivity contribution in [2.75, 3.05) is 26.7 Å². The molecule has 2 aromatic carbocycles. The smallest absolute Gasteiger partial charge is 0.209 e. The minimum Gasteiger partial charge on any atom is -0.342 e. The second-order valence-electron chi connectivity index (χ2n) is 7.84. The number of nitrogens with zero attached hydrogens (tertiary/aromatic N) is 2. The van der Waals surface area contributed by atoms with Crippen LogP contribution in [-0.4, -0.2) is 42.9 Å². The molecule has 2 bridgehead atoms. The van der Waals surface area contributed by atoms with E-state index in [-0.39, 0.29) is 0 Å². The van der Waals surface area contributed by atoms with E-state index in [4.69, 9.17) is 0 Å². The lowest BCUT2D eigenvalue weighted by molar-refractivity contribution is -0.120. The third-order valence-electron chi connectivity index (χ3n) is 6.56. The molecule has 3 atom stereocenters. The molecule has 1 saturated heterocycles. The maximum atomic E-state index is 11.3. The number of rotatable bonds is 2. The summed E-state index contributed by atoms with van der Waals surface area (Å²) in [5.74, 6) is 1.19. The molecule has 0 aromatic heterocycles. The van der Waals surface area contributed by atoms with Crippen molar-refractivity contribution in [1.82, 2.24) is 9.80 Å². The van der Waals surface area contributed by atoms with Gasteiger partial charge < -0.3 is 4.90 Å². The normalized spacial score (nSPS) is 27.7. The molecule has 3 heteroatoms. The third-order valence-corrected chi connectivity index (χ3v) is 6.56. The van der Waals surface area contributed by atoms with E-state index in [9.17, 15) is 4.79 Å². The van der Waals surface area contributed by atoms with Gasteiger partial charge in [-0.1, -0.05) is 42.5 Å². The molecule has 1 fully saturated rings. The molecule has 2 aliphatic carbocycles. The zero-order valence-electron chi connectivity index (χ0n) is 14.7. The van der Waals surface area contributed by atoms with Crippen LogP contribution in [0.3, 0.4) is 0 Å². The van der Waals surface area contributed by atoms with Gasteiger partial charge in [-0.3, -0.25) is 9.69 Å². The molecule has 1 amide bonds. The summed E-state index contributed by atoms with van der Waals surface area (Å²) >= 11 is 0. The van der Waals surface area contributed by atoms with E-state index in [1.807, 2.05) is 4.90 Å². The Morgan fingerprint density at radius 2 is 1.80 bits per heavy atom. The van der Waals surface area contributed by atoms with Gasteiger partial charge in [0, 0.05) is 25.6 Å². The number of carbonyl (C=O) groups is 1. The average Bonchev–Trinajstić information content (AvgIpc) is 2.96. The Labute approximate surface area is 149 Å². The fourth-order valence-electron chi connectivity index (χ4n) is 5.33.